The number of carbonyl (C=O) groups is 1. The number of carbonyl (C=O) groups excluding carboxylic acids is 1. The van der Waals surface area contributed by atoms with Crippen molar-refractivity contribution in [1.29, 1.82) is 0 Å². The molecule has 1 saturated carbocycles. The van der Waals surface area contributed by atoms with Gasteiger partial charge in [-0.05, 0) is 12.5 Å². The summed E-state index contributed by atoms with van der Waals surface area (Å²) in [5, 5.41) is 13.5. The maximum atomic E-state index is 11.9. The van der Waals surface area contributed by atoms with Crippen LogP contribution in [0.25, 0.3) is 0 Å². The number of nitro benzene ring substituents is 1. The van der Waals surface area contributed by atoms with Crippen LogP contribution in [-0.2, 0) is 0 Å². The van der Waals surface area contributed by atoms with Gasteiger partial charge in [-0.1, -0.05) is 6.07 Å². The van der Waals surface area contributed by atoms with Gasteiger partial charge in [0.05, 0.1) is 17.6 Å². The fourth-order valence-electron chi connectivity index (χ4n) is 1.69. The Bertz CT molecular complexity index is 503. The molecule has 1 aliphatic carbocycles. The summed E-state index contributed by atoms with van der Waals surface area (Å²) in [6, 6.07) is 4.13. The number of ether oxygens (including phenoxy) is 1. The second-order valence-electron chi connectivity index (χ2n) is 4.09. The quantitative estimate of drug-likeness (QED) is 0.596. The third-order valence-corrected chi connectivity index (χ3v) is 2.80. The number of nitrogens with zero attached hydrogens (tertiary/aromatic N) is 1. The summed E-state index contributed by atoms with van der Waals surface area (Å²) >= 11 is 0. The first kappa shape index (κ1) is 12.3. The van der Waals surface area contributed by atoms with Crippen molar-refractivity contribution in [2.45, 2.75) is 18.5 Å². The molecule has 1 aliphatic rings. The van der Waals surface area contributed by atoms with Crippen molar-refractivity contribution in [2.75, 3.05) is 7.11 Å². The van der Waals surface area contributed by atoms with Gasteiger partial charge in [0.2, 0.25) is 5.75 Å². The molecule has 18 heavy (non-hydrogen) atoms. The van der Waals surface area contributed by atoms with Gasteiger partial charge in [0.15, 0.2) is 0 Å². The summed E-state index contributed by atoms with van der Waals surface area (Å²) in [4.78, 5) is 22.2. The Hall–Kier alpha value is -2.15. The fourth-order valence-corrected chi connectivity index (χ4v) is 1.69. The predicted octanol–water partition coefficient (Wildman–Crippen LogP) is 0.433. The zero-order valence-electron chi connectivity index (χ0n) is 9.75. The van der Waals surface area contributed by atoms with E-state index < -0.39 is 10.8 Å². The summed E-state index contributed by atoms with van der Waals surface area (Å²) in [6.45, 7) is 0. The number of nitro groups is 1. The molecule has 1 amide bonds. The zero-order chi connectivity index (χ0) is 13.3. The van der Waals surface area contributed by atoms with Gasteiger partial charge in [0, 0.05) is 18.2 Å². The molecule has 2 unspecified atom stereocenters. The van der Waals surface area contributed by atoms with E-state index in [0.717, 1.165) is 6.42 Å². The Kier molecular flexibility index (Phi) is 3.15. The summed E-state index contributed by atoms with van der Waals surface area (Å²) in [5.74, 6) is -0.442. The first-order chi connectivity index (χ1) is 8.54. The lowest BCUT2D eigenvalue weighted by molar-refractivity contribution is -0.385. The number of hydrogen-bond donors (Lipinski definition) is 2. The number of hydrogen-bond acceptors (Lipinski definition) is 5. The Morgan fingerprint density at radius 3 is 2.78 bits per heavy atom. The van der Waals surface area contributed by atoms with Crippen LogP contribution in [-0.4, -0.2) is 30.0 Å². The largest absolute Gasteiger partial charge is 0.490 e. The molecule has 1 aromatic carbocycles. The molecule has 7 nitrogen and oxygen atoms in total. The molecule has 3 N–H and O–H groups in total. The Labute approximate surface area is 103 Å². The molecular weight excluding hydrogens is 238 g/mol. The summed E-state index contributed by atoms with van der Waals surface area (Å²) < 4.78 is 4.95. The minimum Gasteiger partial charge on any atom is -0.490 e. The van der Waals surface area contributed by atoms with E-state index in [1.54, 1.807) is 0 Å². The van der Waals surface area contributed by atoms with Crippen molar-refractivity contribution in [3.63, 3.8) is 0 Å². The number of amides is 1. The highest BCUT2D eigenvalue weighted by Gasteiger charge is 2.36. The molecule has 0 radical (unpaired) electrons. The number of rotatable bonds is 4. The van der Waals surface area contributed by atoms with E-state index in [1.165, 1.54) is 25.3 Å². The van der Waals surface area contributed by atoms with Crippen LogP contribution in [0.3, 0.4) is 0 Å². The maximum absolute atomic E-state index is 11.9. The average Bonchev–Trinajstić information content (AvgIpc) is 3.03. The molecule has 0 saturated heterocycles. The highest BCUT2D eigenvalue weighted by molar-refractivity contribution is 5.98. The topological polar surface area (TPSA) is 107 Å². The van der Waals surface area contributed by atoms with Gasteiger partial charge in [0.1, 0.15) is 0 Å². The summed E-state index contributed by atoms with van der Waals surface area (Å²) in [6.07, 6.45) is 0.725. The minimum absolute atomic E-state index is 0.0290. The first-order valence-electron chi connectivity index (χ1n) is 5.42. The predicted molar refractivity (Wildman–Crippen MR) is 63.5 cm³/mol. The highest BCUT2D eigenvalue weighted by atomic mass is 16.6. The number of nitrogens with two attached hydrogens (primary N) is 1. The summed E-state index contributed by atoms with van der Waals surface area (Å²) in [5.41, 5.74) is 5.50. The van der Waals surface area contributed by atoms with Crippen LogP contribution in [0.5, 0.6) is 5.75 Å². The number of benzene rings is 1. The van der Waals surface area contributed by atoms with E-state index in [2.05, 4.69) is 5.32 Å². The second kappa shape index (κ2) is 4.61. The van der Waals surface area contributed by atoms with Crippen molar-refractivity contribution in [3.8, 4) is 5.75 Å². The SMILES string of the molecule is COc1c(C(=O)NC2CC2N)cccc1[N+](=O)[O-]. The summed E-state index contributed by atoms with van der Waals surface area (Å²) in [7, 11) is 1.29. The molecule has 0 spiro atoms. The van der Waals surface area contributed by atoms with Gasteiger partial charge in [-0.25, -0.2) is 0 Å². The number of methoxy groups -OCH3 is 1. The molecule has 96 valence electrons. The van der Waals surface area contributed by atoms with Gasteiger partial charge in [-0.15, -0.1) is 0 Å². The van der Waals surface area contributed by atoms with Crippen LogP contribution in [0.1, 0.15) is 16.8 Å². The Balaban J connectivity index is 2.28. The molecule has 1 aromatic rings. The van der Waals surface area contributed by atoms with Gasteiger partial charge in [0.25, 0.3) is 5.91 Å². The second-order valence-corrected chi connectivity index (χ2v) is 4.09. The van der Waals surface area contributed by atoms with Crippen LogP contribution < -0.4 is 15.8 Å². The molecule has 1 fully saturated rings. The van der Waals surface area contributed by atoms with E-state index in [0.29, 0.717) is 0 Å². The molecular formula is C11H13N3O4. The smallest absolute Gasteiger partial charge is 0.311 e. The normalized spacial score (nSPS) is 21.2. The highest BCUT2D eigenvalue weighted by Crippen LogP contribution is 2.31. The molecule has 0 heterocycles. The number of nitrogens with one attached hydrogen (secondary N) is 1. The van der Waals surface area contributed by atoms with Crippen molar-refractivity contribution in [2.24, 2.45) is 5.73 Å². The van der Waals surface area contributed by atoms with E-state index in [-0.39, 0.29) is 29.1 Å². The minimum atomic E-state index is -0.585. The van der Waals surface area contributed by atoms with Gasteiger partial charge >= 0.3 is 5.69 Å². The maximum Gasteiger partial charge on any atom is 0.311 e. The molecule has 2 atom stereocenters. The lowest BCUT2D eigenvalue weighted by Gasteiger charge is -2.08. The third kappa shape index (κ3) is 2.25. The third-order valence-electron chi connectivity index (χ3n) is 2.80. The molecule has 2 rings (SSSR count). The van der Waals surface area contributed by atoms with Crippen LogP contribution in [0.15, 0.2) is 18.2 Å². The average molecular weight is 251 g/mol. The molecule has 0 aliphatic heterocycles. The lowest BCUT2D eigenvalue weighted by Crippen LogP contribution is -2.30. The van der Waals surface area contributed by atoms with Crippen molar-refractivity contribution >= 4 is 11.6 Å². The van der Waals surface area contributed by atoms with Crippen LogP contribution in [0, 0.1) is 10.1 Å². The van der Waals surface area contributed by atoms with Crippen molar-refractivity contribution in [3.05, 3.63) is 33.9 Å². The van der Waals surface area contributed by atoms with E-state index >= 15 is 0 Å². The van der Waals surface area contributed by atoms with Crippen LogP contribution in [0.2, 0.25) is 0 Å². The molecule has 7 heteroatoms. The van der Waals surface area contributed by atoms with Crippen LogP contribution in [0.4, 0.5) is 5.69 Å². The van der Waals surface area contributed by atoms with E-state index in [9.17, 15) is 14.9 Å². The standard InChI is InChI=1S/C11H13N3O4/c1-18-10-6(3-2-4-9(10)14(16)17)11(15)13-8-5-7(8)12/h2-4,7-8H,5,12H2,1H3,(H,13,15). The van der Waals surface area contributed by atoms with Gasteiger partial charge < -0.3 is 15.8 Å². The molecule has 0 aromatic heterocycles. The Morgan fingerprint density at radius 2 is 2.28 bits per heavy atom. The van der Waals surface area contributed by atoms with Crippen LogP contribution >= 0.6 is 0 Å². The monoisotopic (exact) mass is 251 g/mol. The Morgan fingerprint density at radius 1 is 1.61 bits per heavy atom. The first-order valence-corrected chi connectivity index (χ1v) is 5.42. The fraction of sp³-hybridized carbons (Fsp3) is 0.364. The lowest BCUT2D eigenvalue weighted by atomic mass is 10.1. The molecule has 0 bridgehead atoms. The van der Waals surface area contributed by atoms with Gasteiger partial charge in [-0.3, -0.25) is 14.9 Å². The van der Waals surface area contributed by atoms with Crippen molar-refractivity contribution < 1.29 is 14.5 Å². The number of para-hydroxylation sites is 1. The zero-order valence-corrected chi connectivity index (χ0v) is 9.75. The van der Waals surface area contributed by atoms with E-state index in [1.807, 2.05) is 0 Å². The van der Waals surface area contributed by atoms with Gasteiger partial charge in [-0.2, -0.15) is 0 Å². The van der Waals surface area contributed by atoms with Crippen molar-refractivity contribution in [1.82, 2.24) is 5.32 Å². The van der Waals surface area contributed by atoms with E-state index in [4.69, 9.17) is 10.5 Å².